The van der Waals surface area contributed by atoms with E-state index in [2.05, 4.69) is 32.5 Å². The van der Waals surface area contributed by atoms with Crippen LogP contribution in [0.25, 0.3) is 0 Å². The zero-order valence-electron chi connectivity index (χ0n) is 12.3. The van der Waals surface area contributed by atoms with Crippen LogP contribution in [0, 0.1) is 5.92 Å². The third kappa shape index (κ3) is 3.84. The van der Waals surface area contributed by atoms with E-state index >= 15 is 0 Å². The number of anilines is 1. The van der Waals surface area contributed by atoms with E-state index in [1.165, 1.54) is 0 Å². The molecule has 2 aromatic heterocycles. The second-order valence-corrected chi connectivity index (χ2v) is 5.19. The summed E-state index contributed by atoms with van der Waals surface area (Å²) in [4.78, 5) is 16.1. The molecule has 0 aliphatic heterocycles. The summed E-state index contributed by atoms with van der Waals surface area (Å²) in [5, 5.41) is 14.1. The molecule has 0 aliphatic rings. The Morgan fingerprint density at radius 3 is 2.76 bits per heavy atom. The van der Waals surface area contributed by atoms with E-state index < -0.39 is 0 Å². The molecule has 0 saturated carbocycles. The van der Waals surface area contributed by atoms with E-state index in [-0.39, 0.29) is 17.6 Å². The zero-order valence-corrected chi connectivity index (χ0v) is 12.3. The summed E-state index contributed by atoms with van der Waals surface area (Å²) in [6.45, 7) is 3.69. The molecule has 2 heterocycles. The van der Waals surface area contributed by atoms with Gasteiger partial charge in [0.05, 0.1) is 0 Å². The van der Waals surface area contributed by atoms with Crippen LogP contribution in [0.15, 0.2) is 18.3 Å². The van der Waals surface area contributed by atoms with Crippen molar-refractivity contribution in [2.75, 3.05) is 5.73 Å². The fourth-order valence-electron chi connectivity index (χ4n) is 2.56. The van der Waals surface area contributed by atoms with Gasteiger partial charge in [-0.1, -0.05) is 19.4 Å². The third-order valence-corrected chi connectivity index (χ3v) is 3.62. The van der Waals surface area contributed by atoms with E-state index in [4.69, 9.17) is 5.73 Å². The van der Waals surface area contributed by atoms with Crippen LogP contribution in [0.2, 0.25) is 0 Å². The third-order valence-electron chi connectivity index (χ3n) is 3.62. The molecule has 112 valence electrons. The van der Waals surface area contributed by atoms with Gasteiger partial charge >= 0.3 is 0 Å². The molecule has 0 saturated heterocycles. The second kappa shape index (κ2) is 6.92. The lowest BCUT2D eigenvalue weighted by molar-refractivity contribution is -0.121. The number of aromatic amines is 1. The maximum Gasteiger partial charge on any atom is 0.152 e. The van der Waals surface area contributed by atoms with Crippen molar-refractivity contribution in [1.82, 2.24) is 25.6 Å². The Balaban J connectivity index is 2.27. The van der Waals surface area contributed by atoms with Crippen LogP contribution in [-0.4, -0.2) is 31.4 Å². The molecule has 0 fully saturated rings. The fraction of sp³-hybridized carbons (Fsp3) is 0.500. The van der Waals surface area contributed by atoms with Gasteiger partial charge in [-0.2, -0.15) is 0 Å². The number of carbonyl (C=O) groups is 1. The summed E-state index contributed by atoms with van der Waals surface area (Å²) in [5.41, 5.74) is 6.61. The van der Waals surface area contributed by atoms with Crippen molar-refractivity contribution in [3.05, 3.63) is 29.7 Å². The molecule has 0 aliphatic carbocycles. The number of hydrogen-bond acceptors (Lipinski definition) is 6. The van der Waals surface area contributed by atoms with Crippen molar-refractivity contribution in [2.45, 2.75) is 39.0 Å². The lowest BCUT2D eigenvalue weighted by Gasteiger charge is -2.22. The van der Waals surface area contributed by atoms with Crippen molar-refractivity contribution in [1.29, 1.82) is 0 Å². The minimum atomic E-state index is -0.109. The number of nitrogen functional groups attached to an aromatic ring is 1. The summed E-state index contributed by atoms with van der Waals surface area (Å²) in [6.07, 6.45) is 4.12. The number of tetrazole rings is 1. The number of aromatic nitrogens is 5. The first-order valence-corrected chi connectivity index (χ1v) is 7.06. The van der Waals surface area contributed by atoms with E-state index in [1.54, 1.807) is 19.2 Å². The molecule has 2 rings (SSSR count). The second-order valence-electron chi connectivity index (χ2n) is 5.19. The van der Waals surface area contributed by atoms with Gasteiger partial charge in [-0.15, -0.1) is 5.10 Å². The first-order chi connectivity index (χ1) is 10.1. The summed E-state index contributed by atoms with van der Waals surface area (Å²) >= 11 is 0. The van der Waals surface area contributed by atoms with Crippen LogP contribution < -0.4 is 5.73 Å². The predicted octanol–water partition coefficient (Wildman–Crippen LogP) is 1.51. The van der Waals surface area contributed by atoms with Crippen LogP contribution in [0.5, 0.6) is 0 Å². The van der Waals surface area contributed by atoms with Gasteiger partial charge in [-0.3, -0.25) is 4.79 Å². The van der Waals surface area contributed by atoms with Gasteiger partial charge in [0.1, 0.15) is 11.6 Å². The van der Waals surface area contributed by atoms with Gasteiger partial charge in [-0.25, -0.2) is 10.1 Å². The van der Waals surface area contributed by atoms with E-state index in [0.717, 1.165) is 18.4 Å². The standard InChI is InChI=1S/C14H20N6O/c1-3-4-11(9(2)21)12(14-17-19-20-18-14)7-10-5-6-13(15)16-8-10/h5-6,8,11-12H,3-4,7H2,1-2H3,(H2,15,16)(H,17,18,19,20)/t11-,12+/m1/s1. The van der Waals surface area contributed by atoms with E-state index in [0.29, 0.717) is 18.1 Å². The Hall–Kier alpha value is -2.31. The Bertz CT molecular complexity index is 566. The first kappa shape index (κ1) is 15.1. The molecule has 0 spiro atoms. The van der Waals surface area contributed by atoms with Crippen LogP contribution in [0.4, 0.5) is 5.82 Å². The SMILES string of the molecule is CCC[C@H](C(C)=O)[C@H](Cc1ccc(N)nc1)c1nnn[nH]1. The molecule has 0 radical (unpaired) electrons. The number of nitrogens with one attached hydrogen (secondary N) is 1. The van der Waals surface area contributed by atoms with E-state index in [1.807, 2.05) is 6.07 Å². The largest absolute Gasteiger partial charge is 0.384 e. The molecule has 0 aromatic carbocycles. The Labute approximate surface area is 123 Å². The highest BCUT2D eigenvalue weighted by molar-refractivity contribution is 5.79. The lowest BCUT2D eigenvalue weighted by atomic mass is 9.81. The first-order valence-electron chi connectivity index (χ1n) is 7.06. The number of hydrogen-bond donors (Lipinski definition) is 2. The van der Waals surface area contributed by atoms with Gasteiger partial charge in [0.2, 0.25) is 0 Å². The molecular weight excluding hydrogens is 268 g/mol. The molecule has 2 atom stereocenters. The Morgan fingerprint density at radius 2 is 2.24 bits per heavy atom. The molecule has 7 nitrogen and oxygen atoms in total. The topological polar surface area (TPSA) is 110 Å². The Morgan fingerprint density at radius 1 is 1.43 bits per heavy atom. The molecule has 0 unspecified atom stereocenters. The quantitative estimate of drug-likeness (QED) is 0.799. The molecule has 7 heteroatoms. The van der Waals surface area contributed by atoms with Crippen LogP contribution in [-0.2, 0) is 11.2 Å². The summed E-state index contributed by atoms with van der Waals surface area (Å²) in [7, 11) is 0. The molecule has 2 aromatic rings. The van der Waals surface area contributed by atoms with Gasteiger partial charge in [-0.05, 0) is 41.8 Å². The molecule has 3 N–H and O–H groups in total. The maximum absolute atomic E-state index is 12.0. The highest BCUT2D eigenvalue weighted by Gasteiger charge is 2.29. The van der Waals surface area contributed by atoms with Gasteiger partial charge in [0, 0.05) is 18.0 Å². The highest BCUT2D eigenvalue weighted by atomic mass is 16.1. The summed E-state index contributed by atoms with van der Waals surface area (Å²) < 4.78 is 0. The van der Waals surface area contributed by atoms with Crippen molar-refractivity contribution < 1.29 is 4.79 Å². The average molecular weight is 288 g/mol. The summed E-state index contributed by atoms with van der Waals surface area (Å²) in [5.74, 6) is 1.08. The molecule has 0 bridgehead atoms. The van der Waals surface area contributed by atoms with Crippen molar-refractivity contribution in [2.24, 2.45) is 5.92 Å². The minimum Gasteiger partial charge on any atom is -0.384 e. The van der Waals surface area contributed by atoms with Crippen LogP contribution in [0.3, 0.4) is 0 Å². The van der Waals surface area contributed by atoms with Gasteiger partial charge < -0.3 is 5.73 Å². The number of H-pyrrole nitrogens is 1. The number of nitrogens with zero attached hydrogens (tertiary/aromatic N) is 4. The number of nitrogens with two attached hydrogens (primary N) is 1. The average Bonchev–Trinajstić information content (AvgIpc) is 2.98. The van der Waals surface area contributed by atoms with Crippen molar-refractivity contribution >= 4 is 11.6 Å². The van der Waals surface area contributed by atoms with Crippen LogP contribution >= 0.6 is 0 Å². The Kier molecular flexibility index (Phi) is 4.97. The minimum absolute atomic E-state index is 0.0807. The van der Waals surface area contributed by atoms with Crippen molar-refractivity contribution in [3.63, 3.8) is 0 Å². The predicted molar refractivity (Wildman–Crippen MR) is 78.4 cm³/mol. The van der Waals surface area contributed by atoms with Gasteiger partial charge in [0.25, 0.3) is 0 Å². The van der Waals surface area contributed by atoms with Crippen LogP contribution in [0.1, 0.15) is 44.0 Å². The number of rotatable bonds is 7. The number of Topliss-reactive ketones (excluding diaryl/α,β-unsaturated/α-hetero) is 1. The zero-order chi connectivity index (χ0) is 15.2. The lowest BCUT2D eigenvalue weighted by Crippen LogP contribution is -2.23. The normalized spacial score (nSPS) is 13.8. The maximum atomic E-state index is 12.0. The smallest absolute Gasteiger partial charge is 0.152 e. The number of pyridine rings is 1. The highest BCUT2D eigenvalue weighted by Crippen LogP contribution is 2.30. The fourth-order valence-corrected chi connectivity index (χ4v) is 2.56. The monoisotopic (exact) mass is 288 g/mol. The molecular formula is C14H20N6O. The number of ketones is 1. The van der Waals surface area contributed by atoms with Gasteiger partial charge in [0.15, 0.2) is 5.82 Å². The molecule has 0 amide bonds. The number of carbonyl (C=O) groups excluding carboxylic acids is 1. The van der Waals surface area contributed by atoms with E-state index in [9.17, 15) is 4.79 Å². The molecule has 21 heavy (non-hydrogen) atoms. The summed E-state index contributed by atoms with van der Waals surface area (Å²) in [6, 6.07) is 3.68. The van der Waals surface area contributed by atoms with Crippen molar-refractivity contribution in [3.8, 4) is 0 Å².